The molecule has 1 atom stereocenters. The van der Waals surface area contributed by atoms with Gasteiger partial charge >= 0.3 is 5.97 Å². The lowest BCUT2D eigenvalue weighted by molar-refractivity contribution is -0.148. The van der Waals surface area contributed by atoms with E-state index >= 15 is 0 Å². The molecule has 0 saturated heterocycles. The van der Waals surface area contributed by atoms with Crippen molar-refractivity contribution in [3.8, 4) is 0 Å². The van der Waals surface area contributed by atoms with Crippen molar-refractivity contribution in [2.45, 2.75) is 51.9 Å². The summed E-state index contributed by atoms with van der Waals surface area (Å²) in [5, 5.41) is 6.66. The Kier molecular flexibility index (Phi) is 5.21. The molecule has 146 valence electrons. The van der Waals surface area contributed by atoms with Crippen LogP contribution in [0.2, 0.25) is 0 Å². The summed E-state index contributed by atoms with van der Waals surface area (Å²) in [6.45, 7) is 2.85. The third kappa shape index (κ3) is 4.18. The lowest BCUT2D eigenvalue weighted by Gasteiger charge is -2.21. The minimum Gasteiger partial charge on any atom is -0.466 e. The van der Waals surface area contributed by atoms with Crippen molar-refractivity contribution < 1.29 is 19.1 Å². The van der Waals surface area contributed by atoms with Gasteiger partial charge in [0.1, 0.15) is 5.00 Å². The van der Waals surface area contributed by atoms with Gasteiger partial charge in [-0.3, -0.25) is 14.4 Å². The molecule has 0 bridgehead atoms. The highest BCUT2D eigenvalue weighted by molar-refractivity contribution is 7.17. The number of esters is 1. The molecule has 0 radical (unpaired) electrons. The summed E-state index contributed by atoms with van der Waals surface area (Å²) in [6, 6.07) is 0. The van der Waals surface area contributed by atoms with Crippen molar-refractivity contribution in [1.29, 1.82) is 0 Å². The number of rotatable bonds is 7. The highest BCUT2D eigenvalue weighted by Gasteiger charge is 2.35. The predicted molar refractivity (Wildman–Crippen MR) is 103 cm³/mol. The first-order valence-electron chi connectivity index (χ1n) is 9.97. The van der Waals surface area contributed by atoms with Crippen LogP contribution in [0, 0.1) is 17.8 Å². The zero-order valence-corrected chi connectivity index (χ0v) is 16.5. The van der Waals surface area contributed by atoms with Crippen LogP contribution in [0.5, 0.6) is 0 Å². The topological polar surface area (TPSA) is 84.5 Å². The van der Waals surface area contributed by atoms with Gasteiger partial charge in [0, 0.05) is 17.3 Å². The van der Waals surface area contributed by atoms with Crippen LogP contribution in [0.25, 0.3) is 0 Å². The monoisotopic (exact) mass is 390 g/mol. The minimum atomic E-state index is -0.214. The molecule has 2 fully saturated rings. The number of fused-ring (bicyclic) bond motifs is 1. The van der Waals surface area contributed by atoms with Gasteiger partial charge in [-0.15, -0.1) is 11.3 Å². The molecule has 2 saturated carbocycles. The van der Waals surface area contributed by atoms with E-state index in [4.69, 9.17) is 4.74 Å². The SMILES string of the molecule is CCOC(=O)C1CCc2sc(NC(=O)C3CC3)c(C(=O)NCC3CC3)c2C1. The highest BCUT2D eigenvalue weighted by Crippen LogP contribution is 2.41. The molecular formula is C20H26N2O4S. The van der Waals surface area contributed by atoms with E-state index in [-0.39, 0.29) is 29.6 Å². The summed E-state index contributed by atoms with van der Waals surface area (Å²) in [7, 11) is 0. The van der Waals surface area contributed by atoms with Gasteiger partial charge in [-0.05, 0) is 63.4 Å². The van der Waals surface area contributed by atoms with Crippen LogP contribution in [-0.4, -0.2) is 30.9 Å². The molecule has 0 aromatic carbocycles. The largest absolute Gasteiger partial charge is 0.466 e. The zero-order valence-electron chi connectivity index (χ0n) is 15.6. The molecule has 3 aliphatic carbocycles. The summed E-state index contributed by atoms with van der Waals surface area (Å²) in [5.41, 5.74) is 1.49. The van der Waals surface area contributed by atoms with Crippen molar-refractivity contribution in [2.24, 2.45) is 17.8 Å². The predicted octanol–water partition coefficient (Wildman–Crippen LogP) is 2.90. The van der Waals surface area contributed by atoms with Crippen LogP contribution in [0.3, 0.4) is 0 Å². The number of thiophene rings is 1. The quantitative estimate of drug-likeness (QED) is 0.701. The average molecular weight is 391 g/mol. The molecule has 3 aliphatic rings. The third-order valence-corrected chi connectivity index (χ3v) is 6.75. The second-order valence-electron chi connectivity index (χ2n) is 7.82. The van der Waals surface area contributed by atoms with E-state index < -0.39 is 0 Å². The van der Waals surface area contributed by atoms with Crippen LogP contribution < -0.4 is 10.6 Å². The number of anilines is 1. The Morgan fingerprint density at radius 1 is 1.11 bits per heavy atom. The summed E-state index contributed by atoms with van der Waals surface area (Å²) in [4.78, 5) is 38.5. The van der Waals surface area contributed by atoms with E-state index in [1.807, 2.05) is 0 Å². The maximum absolute atomic E-state index is 12.9. The number of aryl methyl sites for hydroxylation is 1. The molecule has 2 amide bonds. The maximum Gasteiger partial charge on any atom is 0.309 e. The number of hydrogen-bond acceptors (Lipinski definition) is 5. The fourth-order valence-electron chi connectivity index (χ4n) is 3.58. The van der Waals surface area contributed by atoms with Gasteiger partial charge < -0.3 is 15.4 Å². The molecule has 6 nitrogen and oxygen atoms in total. The van der Waals surface area contributed by atoms with Gasteiger partial charge in [-0.25, -0.2) is 0 Å². The van der Waals surface area contributed by atoms with Crippen molar-refractivity contribution >= 4 is 34.1 Å². The van der Waals surface area contributed by atoms with Crippen LogP contribution in [0.1, 0.15) is 59.8 Å². The highest BCUT2D eigenvalue weighted by atomic mass is 32.1. The summed E-state index contributed by atoms with van der Waals surface area (Å²) in [5.74, 6) is 0.136. The van der Waals surface area contributed by atoms with Crippen LogP contribution >= 0.6 is 11.3 Å². The molecule has 0 aliphatic heterocycles. The van der Waals surface area contributed by atoms with Crippen molar-refractivity contribution in [2.75, 3.05) is 18.5 Å². The Morgan fingerprint density at radius 3 is 2.56 bits per heavy atom. The van der Waals surface area contributed by atoms with E-state index in [1.54, 1.807) is 6.92 Å². The van der Waals surface area contributed by atoms with Gasteiger partial charge in [0.15, 0.2) is 0 Å². The first-order chi connectivity index (χ1) is 13.1. The Balaban J connectivity index is 1.58. The molecule has 1 heterocycles. The average Bonchev–Trinajstić information content (AvgIpc) is 3.55. The molecule has 1 unspecified atom stereocenters. The van der Waals surface area contributed by atoms with Gasteiger partial charge in [-0.2, -0.15) is 0 Å². The maximum atomic E-state index is 12.9. The second kappa shape index (κ2) is 7.62. The molecule has 0 spiro atoms. The Morgan fingerprint density at radius 2 is 1.89 bits per heavy atom. The van der Waals surface area contributed by atoms with E-state index in [2.05, 4.69) is 10.6 Å². The third-order valence-electron chi connectivity index (χ3n) is 5.54. The lowest BCUT2D eigenvalue weighted by atomic mass is 9.86. The fourth-order valence-corrected chi connectivity index (χ4v) is 4.82. The second-order valence-corrected chi connectivity index (χ2v) is 8.92. The fraction of sp³-hybridized carbons (Fsp3) is 0.650. The number of hydrogen-bond donors (Lipinski definition) is 2. The van der Waals surface area contributed by atoms with Crippen LogP contribution in [0.15, 0.2) is 0 Å². The molecule has 4 rings (SSSR count). The number of ether oxygens (including phenoxy) is 1. The van der Waals surface area contributed by atoms with Crippen molar-refractivity contribution in [1.82, 2.24) is 5.32 Å². The molecule has 7 heteroatoms. The summed E-state index contributed by atoms with van der Waals surface area (Å²) >= 11 is 1.50. The van der Waals surface area contributed by atoms with E-state index in [1.165, 1.54) is 11.3 Å². The number of carbonyl (C=O) groups excluding carboxylic acids is 3. The van der Waals surface area contributed by atoms with Gasteiger partial charge in [0.25, 0.3) is 5.91 Å². The summed E-state index contributed by atoms with van der Waals surface area (Å²) in [6.07, 6.45) is 6.15. The van der Waals surface area contributed by atoms with Crippen molar-refractivity contribution in [3.05, 3.63) is 16.0 Å². The van der Waals surface area contributed by atoms with E-state index in [9.17, 15) is 14.4 Å². The molecule has 27 heavy (non-hydrogen) atoms. The van der Waals surface area contributed by atoms with E-state index in [0.29, 0.717) is 36.1 Å². The smallest absolute Gasteiger partial charge is 0.309 e. The molecule has 2 N–H and O–H groups in total. The van der Waals surface area contributed by atoms with Gasteiger partial charge in [0.05, 0.1) is 18.1 Å². The normalized spacial score (nSPS) is 21.3. The minimum absolute atomic E-state index is 0.00628. The Labute approximate surface area is 163 Å². The lowest BCUT2D eigenvalue weighted by Crippen LogP contribution is -2.29. The number of amides is 2. The number of carbonyl (C=O) groups is 3. The molecule has 1 aromatic rings. The Bertz CT molecular complexity index is 764. The zero-order chi connectivity index (χ0) is 19.0. The van der Waals surface area contributed by atoms with E-state index in [0.717, 1.165) is 49.0 Å². The number of nitrogens with one attached hydrogen (secondary N) is 2. The first-order valence-corrected chi connectivity index (χ1v) is 10.8. The Hall–Kier alpha value is -1.89. The standard InChI is InChI=1S/C20H26N2O4S/c1-2-26-20(25)13-7-8-15-14(9-13)16(18(24)21-10-11-3-4-11)19(27-15)22-17(23)12-5-6-12/h11-13H,2-10H2,1H3,(H,21,24)(H,22,23). The van der Waals surface area contributed by atoms with Crippen LogP contribution in [0.4, 0.5) is 5.00 Å². The van der Waals surface area contributed by atoms with Gasteiger partial charge in [0.2, 0.25) is 5.91 Å². The molecule has 1 aromatic heterocycles. The van der Waals surface area contributed by atoms with Crippen LogP contribution in [-0.2, 0) is 27.2 Å². The first kappa shape index (κ1) is 18.5. The van der Waals surface area contributed by atoms with Crippen molar-refractivity contribution in [3.63, 3.8) is 0 Å². The van der Waals surface area contributed by atoms with Gasteiger partial charge in [-0.1, -0.05) is 0 Å². The molecular weight excluding hydrogens is 364 g/mol. The summed E-state index contributed by atoms with van der Waals surface area (Å²) < 4.78 is 5.19.